The Balaban J connectivity index is -0.0000000450. The molecule has 1 radical (unpaired) electrons. The van der Waals surface area contributed by atoms with Crippen molar-refractivity contribution in [3.63, 3.8) is 0 Å². The maximum atomic E-state index is 8.33. The van der Waals surface area contributed by atoms with Crippen LogP contribution in [-0.2, 0) is 17.1 Å². The fourth-order valence-electron chi connectivity index (χ4n) is 0. The van der Waals surface area contributed by atoms with E-state index in [1.165, 1.54) is 0 Å². The van der Waals surface area contributed by atoms with Gasteiger partial charge in [-0.3, -0.25) is 0 Å². The van der Waals surface area contributed by atoms with Crippen LogP contribution in [0, 0.1) is 0 Å². The standard InChI is InChI=1S/CH2O3.Ba.Mn/c2-1(3)4;;/h(H2,2,3,4);;/q;+2;/p-2. The van der Waals surface area contributed by atoms with Crippen LogP contribution < -0.4 is 10.2 Å². The molecule has 0 N–H and O–H groups in total. The van der Waals surface area contributed by atoms with E-state index in [1.807, 2.05) is 0 Å². The number of hydrogen-bond acceptors (Lipinski definition) is 3. The predicted molar refractivity (Wildman–Crippen MR) is 11.1 cm³/mol. The minimum Gasteiger partial charge on any atom is -0.652 e. The molecule has 6 heavy (non-hydrogen) atoms. The normalized spacial score (nSPS) is 4.00. The fourth-order valence-corrected chi connectivity index (χ4v) is 0. The molecule has 3 nitrogen and oxygen atoms in total. The second-order valence-electron chi connectivity index (χ2n) is 0.250. The Kier molecular flexibility index (Phi) is 25.1. The third-order valence-electron chi connectivity index (χ3n) is 0. The Hall–Kier alpha value is 1.36. The summed E-state index contributed by atoms with van der Waals surface area (Å²) in [5.74, 6) is 0. The van der Waals surface area contributed by atoms with Gasteiger partial charge in [0.1, 0.15) is 0 Å². The van der Waals surface area contributed by atoms with E-state index in [2.05, 4.69) is 0 Å². The van der Waals surface area contributed by atoms with Crippen LogP contribution in [-0.4, -0.2) is 55.0 Å². The van der Waals surface area contributed by atoms with Gasteiger partial charge in [-0.15, -0.1) is 0 Å². The molecule has 31 valence electrons. The molecular weight excluding hydrogens is 252 g/mol. The van der Waals surface area contributed by atoms with Gasteiger partial charge in [-0.2, -0.15) is 0 Å². The molecule has 0 aliphatic heterocycles. The second-order valence-corrected chi connectivity index (χ2v) is 0.250. The van der Waals surface area contributed by atoms with Gasteiger partial charge in [0.25, 0.3) is 0 Å². The minimum atomic E-state index is -2.33. The second kappa shape index (κ2) is 9.61. The molecule has 5 heteroatoms. The van der Waals surface area contributed by atoms with Crippen LogP contribution in [0.1, 0.15) is 0 Å². The fraction of sp³-hybridized carbons (Fsp3) is 0. The number of carbonyl (C=O) groups is 1. The molecule has 0 aliphatic carbocycles. The van der Waals surface area contributed by atoms with Gasteiger partial charge in [-0.25, -0.2) is 0 Å². The summed E-state index contributed by atoms with van der Waals surface area (Å²) in [6.45, 7) is 0. The Morgan fingerprint density at radius 3 is 1.33 bits per heavy atom. The quantitative estimate of drug-likeness (QED) is 0.437. The zero-order valence-corrected chi connectivity index (χ0v) is 8.43. The van der Waals surface area contributed by atoms with Gasteiger partial charge in [0.05, 0.1) is 0 Å². The van der Waals surface area contributed by atoms with Crippen molar-refractivity contribution in [1.29, 1.82) is 0 Å². The molecule has 0 amide bonds. The first kappa shape index (κ1) is 15.7. The largest absolute Gasteiger partial charge is 2.00 e. The van der Waals surface area contributed by atoms with Crippen LogP contribution in [0.3, 0.4) is 0 Å². The van der Waals surface area contributed by atoms with E-state index >= 15 is 0 Å². The minimum absolute atomic E-state index is 0. The third kappa shape index (κ3) is 55.0. The van der Waals surface area contributed by atoms with Crippen molar-refractivity contribution in [2.75, 3.05) is 0 Å². The van der Waals surface area contributed by atoms with Gasteiger partial charge >= 0.3 is 48.9 Å². The Morgan fingerprint density at radius 2 is 1.33 bits per heavy atom. The Labute approximate surface area is 85.7 Å². The van der Waals surface area contributed by atoms with Crippen LogP contribution in [0.5, 0.6) is 0 Å². The van der Waals surface area contributed by atoms with Crippen LogP contribution in [0.15, 0.2) is 0 Å². The molecule has 0 heterocycles. The van der Waals surface area contributed by atoms with Crippen molar-refractivity contribution in [3.8, 4) is 0 Å². The third-order valence-corrected chi connectivity index (χ3v) is 0. The van der Waals surface area contributed by atoms with Crippen LogP contribution in [0.25, 0.3) is 0 Å². The average molecular weight is 252 g/mol. The molecule has 0 saturated carbocycles. The maximum Gasteiger partial charge on any atom is 2.00 e. The zero-order chi connectivity index (χ0) is 3.58. The monoisotopic (exact) mass is 253 g/mol. The van der Waals surface area contributed by atoms with Crippen LogP contribution in [0.2, 0.25) is 0 Å². The van der Waals surface area contributed by atoms with E-state index in [0.29, 0.717) is 0 Å². The van der Waals surface area contributed by atoms with Crippen molar-refractivity contribution in [3.05, 3.63) is 0 Å². The molecule has 0 spiro atoms. The average Bonchev–Trinajstić information content (AvgIpc) is 0.811. The Morgan fingerprint density at radius 1 is 1.33 bits per heavy atom. The van der Waals surface area contributed by atoms with Crippen molar-refractivity contribution in [1.82, 2.24) is 0 Å². The van der Waals surface area contributed by atoms with E-state index < -0.39 is 6.16 Å². The molecule has 0 unspecified atom stereocenters. The summed E-state index contributed by atoms with van der Waals surface area (Å²) in [7, 11) is 0. The van der Waals surface area contributed by atoms with E-state index in [4.69, 9.17) is 15.0 Å². The summed E-state index contributed by atoms with van der Waals surface area (Å²) in [6.07, 6.45) is -2.33. The van der Waals surface area contributed by atoms with Crippen molar-refractivity contribution in [2.24, 2.45) is 0 Å². The summed E-state index contributed by atoms with van der Waals surface area (Å²) in [4.78, 5) is 8.33. The van der Waals surface area contributed by atoms with E-state index in [9.17, 15) is 0 Å². The van der Waals surface area contributed by atoms with Crippen molar-refractivity contribution in [2.45, 2.75) is 0 Å². The maximum absolute atomic E-state index is 8.33. The molecule has 0 saturated heterocycles. The molecule has 0 aliphatic rings. The van der Waals surface area contributed by atoms with Crippen LogP contribution in [0.4, 0.5) is 4.79 Å². The molecular formula is CBaMnO3. The summed E-state index contributed by atoms with van der Waals surface area (Å²) in [5.41, 5.74) is 0. The van der Waals surface area contributed by atoms with E-state index in [1.54, 1.807) is 0 Å². The number of carbonyl (C=O) groups excluding carboxylic acids is 1. The molecule has 0 aromatic carbocycles. The SMILES string of the molecule is O=C([O-])[O-].[Ba+2].[Mn]. The van der Waals surface area contributed by atoms with Crippen LogP contribution >= 0.6 is 0 Å². The molecule has 0 atom stereocenters. The summed E-state index contributed by atoms with van der Waals surface area (Å²) in [6, 6.07) is 0. The van der Waals surface area contributed by atoms with E-state index in [-0.39, 0.29) is 65.9 Å². The van der Waals surface area contributed by atoms with Gasteiger partial charge in [0.2, 0.25) is 0 Å². The topological polar surface area (TPSA) is 63.2 Å². The zero-order valence-electron chi connectivity index (χ0n) is 2.81. The molecule has 0 rings (SSSR count). The number of rotatable bonds is 0. The molecule has 0 aromatic rings. The number of carboxylic acid groups (broad SMARTS) is 2. The van der Waals surface area contributed by atoms with Gasteiger partial charge in [0.15, 0.2) is 0 Å². The summed E-state index contributed by atoms with van der Waals surface area (Å²) in [5, 5.41) is 16.7. The van der Waals surface area contributed by atoms with Gasteiger partial charge in [0, 0.05) is 17.1 Å². The summed E-state index contributed by atoms with van der Waals surface area (Å²) < 4.78 is 0. The van der Waals surface area contributed by atoms with Gasteiger partial charge < -0.3 is 15.0 Å². The molecule has 0 fully saturated rings. The van der Waals surface area contributed by atoms with Crippen molar-refractivity contribution >= 4 is 55.0 Å². The Bertz CT molecular complexity index is 33.8. The number of hydrogen-bond donors (Lipinski definition) is 0. The molecule has 0 bridgehead atoms. The predicted octanol–water partition coefficient (Wildman–Crippen LogP) is -2.83. The van der Waals surface area contributed by atoms with E-state index in [0.717, 1.165) is 0 Å². The first-order chi connectivity index (χ1) is 1.73. The molecule has 0 aromatic heterocycles. The van der Waals surface area contributed by atoms with Gasteiger partial charge in [-0.1, -0.05) is 0 Å². The first-order valence-corrected chi connectivity index (χ1v) is 0.612. The first-order valence-electron chi connectivity index (χ1n) is 0.612. The smallest absolute Gasteiger partial charge is 0.652 e. The van der Waals surface area contributed by atoms with Gasteiger partial charge in [-0.05, 0) is 6.16 Å². The van der Waals surface area contributed by atoms with Crippen molar-refractivity contribution < 1.29 is 32.1 Å². The summed E-state index contributed by atoms with van der Waals surface area (Å²) >= 11 is 0.